The fourth-order valence-corrected chi connectivity index (χ4v) is 2.07. The molecule has 74 valence electrons. The summed E-state index contributed by atoms with van der Waals surface area (Å²) in [6, 6.07) is 0. The number of hydrogen-bond acceptors (Lipinski definition) is 1. The van der Waals surface area contributed by atoms with Crippen molar-refractivity contribution in [3.8, 4) is 0 Å². The highest BCUT2D eigenvalue weighted by molar-refractivity contribution is 5.85. The van der Waals surface area contributed by atoms with Crippen molar-refractivity contribution in [3.05, 3.63) is 0 Å². The molecular weight excluding hydrogens is 162 g/mol. The summed E-state index contributed by atoms with van der Waals surface area (Å²) >= 11 is 0. The van der Waals surface area contributed by atoms with Crippen molar-refractivity contribution < 1.29 is 4.79 Å². The molecule has 0 radical (unpaired) electrons. The lowest BCUT2D eigenvalue weighted by atomic mass is 9.93. The summed E-state index contributed by atoms with van der Waals surface area (Å²) in [5.74, 6) is 0.401. The van der Waals surface area contributed by atoms with E-state index >= 15 is 0 Å². The van der Waals surface area contributed by atoms with Crippen LogP contribution in [0.15, 0.2) is 0 Å². The van der Waals surface area contributed by atoms with Gasteiger partial charge in [0.05, 0.1) is 0 Å². The molecule has 0 aromatic heterocycles. The van der Waals surface area contributed by atoms with Crippen molar-refractivity contribution >= 4 is 5.91 Å². The predicted octanol–water partition coefficient (Wildman–Crippen LogP) is 2.04. The average Bonchev–Trinajstić information content (AvgIpc) is 2.67. The predicted molar refractivity (Wildman–Crippen MR) is 52.3 cm³/mol. The van der Waals surface area contributed by atoms with E-state index < -0.39 is 0 Å². The quantitative estimate of drug-likeness (QED) is 0.606. The van der Waals surface area contributed by atoms with E-state index in [9.17, 15) is 4.79 Å². The van der Waals surface area contributed by atoms with Crippen LogP contribution >= 0.6 is 0 Å². The Morgan fingerprint density at radius 3 is 2.15 bits per heavy atom. The molecule has 0 N–H and O–H groups in total. The van der Waals surface area contributed by atoms with Crippen LogP contribution in [-0.2, 0) is 4.79 Å². The molecule has 2 rings (SSSR count). The molecule has 1 saturated carbocycles. The standard InChI is InChI=1S/C11H19NO/c1-10(2)6-7-12(8-10)9(13)11(3)4-5-11/h4-8H2,1-3H3. The zero-order valence-corrected chi connectivity index (χ0v) is 8.89. The van der Waals surface area contributed by atoms with Gasteiger partial charge in [0.1, 0.15) is 0 Å². The SMILES string of the molecule is CC1(C)CCN(C(=O)C2(C)CC2)C1. The minimum Gasteiger partial charge on any atom is -0.342 e. The smallest absolute Gasteiger partial charge is 0.228 e. The Labute approximate surface area is 80.3 Å². The molecule has 1 aliphatic carbocycles. The third-order valence-electron chi connectivity index (χ3n) is 3.48. The van der Waals surface area contributed by atoms with Crippen LogP contribution in [0.2, 0.25) is 0 Å². The van der Waals surface area contributed by atoms with Gasteiger partial charge in [-0.1, -0.05) is 20.8 Å². The maximum absolute atomic E-state index is 11.9. The molecule has 0 spiro atoms. The average molecular weight is 181 g/mol. The van der Waals surface area contributed by atoms with Crippen molar-refractivity contribution in [2.45, 2.75) is 40.0 Å². The number of likely N-dealkylation sites (tertiary alicyclic amines) is 1. The molecule has 1 heterocycles. The summed E-state index contributed by atoms with van der Waals surface area (Å²) in [7, 11) is 0. The summed E-state index contributed by atoms with van der Waals surface area (Å²) in [5, 5.41) is 0. The van der Waals surface area contributed by atoms with Crippen LogP contribution in [0.3, 0.4) is 0 Å². The van der Waals surface area contributed by atoms with Gasteiger partial charge in [-0.15, -0.1) is 0 Å². The van der Waals surface area contributed by atoms with E-state index in [4.69, 9.17) is 0 Å². The lowest BCUT2D eigenvalue weighted by molar-refractivity contribution is -0.135. The minimum absolute atomic E-state index is 0.0282. The van der Waals surface area contributed by atoms with Gasteiger partial charge < -0.3 is 4.90 Å². The molecule has 2 aliphatic rings. The summed E-state index contributed by atoms with van der Waals surface area (Å²) < 4.78 is 0. The third-order valence-corrected chi connectivity index (χ3v) is 3.48. The molecule has 0 aromatic carbocycles. The molecule has 1 saturated heterocycles. The van der Waals surface area contributed by atoms with Crippen LogP contribution in [0.25, 0.3) is 0 Å². The molecule has 2 heteroatoms. The first kappa shape index (κ1) is 9.04. The summed E-state index contributed by atoms with van der Waals surface area (Å²) in [6.07, 6.45) is 3.36. The first-order valence-corrected chi connectivity index (χ1v) is 5.22. The Bertz CT molecular complexity index is 240. The van der Waals surface area contributed by atoms with Crippen LogP contribution in [0.4, 0.5) is 0 Å². The molecule has 2 nitrogen and oxygen atoms in total. The molecule has 1 amide bonds. The van der Waals surface area contributed by atoms with E-state index in [-0.39, 0.29) is 5.41 Å². The van der Waals surface area contributed by atoms with Gasteiger partial charge >= 0.3 is 0 Å². The Balaban J connectivity index is 2.00. The van der Waals surface area contributed by atoms with Crippen LogP contribution in [0, 0.1) is 10.8 Å². The summed E-state index contributed by atoms with van der Waals surface area (Å²) in [5.41, 5.74) is 0.376. The van der Waals surface area contributed by atoms with Gasteiger partial charge in [0.2, 0.25) is 5.91 Å². The van der Waals surface area contributed by atoms with Crippen molar-refractivity contribution in [2.75, 3.05) is 13.1 Å². The van der Waals surface area contributed by atoms with Crippen LogP contribution in [0.5, 0.6) is 0 Å². The number of rotatable bonds is 1. The number of amides is 1. The van der Waals surface area contributed by atoms with Crippen LogP contribution in [0.1, 0.15) is 40.0 Å². The molecule has 0 atom stereocenters. The molecule has 0 unspecified atom stereocenters. The van der Waals surface area contributed by atoms with E-state index in [2.05, 4.69) is 25.7 Å². The molecule has 2 fully saturated rings. The highest BCUT2D eigenvalue weighted by Crippen LogP contribution is 2.47. The second kappa shape index (κ2) is 2.49. The Morgan fingerprint density at radius 2 is 1.77 bits per heavy atom. The van der Waals surface area contributed by atoms with Gasteiger partial charge in [-0.2, -0.15) is 0 Å². The van der Waals surface area contributed by atoms with Gasteiger partial charge in [-0.05, 0) is 24.7 Å². The van der Waals surface area contributed by atoms with E-state index in [1.54, 1.807) is 0 Å². The normalized spacial score (nSPS) is 29.0. The van der Waals surface area contributed by atoms with Crippen LogP contribution in [-0.4, -0.2) is 23.9 Å². The lowest BCUT2D eigenvalue weighted by Crippen LogP contribution is -2.35. The summed E-state index contributed by atoms with van der Waals surface area (Å²) in [6.45, 7) is 8.52. The largest absolute Gasteiger partial charge is 0.342 e. The molecular formula is C11H19NO. The van der Waals surface area contributed by atoms with E-state index in [0.29, 0.717) is 11.3 Å². The molecule has 0 aromatic rings. The Kier molecular flexibility index (Phi) is 1.73. The monoisotopic (exact) mass is 181 g/mol. The third kappa shape index (κ3) is 1.59. The van der Waals surface area contributed by atoms with Crippen molar-refractivity contribution in [3.63, 3.8) is 0 Å². The van der Waals surface area contributed by atoms with Gasteiger partial charge in [0.25, 0.3) is 0 Å². The maximum Gasteiger partial charge on any atom is 0.228 e. The first-order chi connectivity index (χ1) is 5.93. The number of nitrogens with zero attached hydrogens (tertiary/aromatic N) is 1. The fourth-order valence-electron chi connectivity index (χ4n) is 2.07. The lowest BCUT2D eigenvalue weighted by Gasteiger charge is -2.22. The minimum atomic E-state index is 0.0282. The van der Waals surface area contributed by atoms with Gasteiger partial charge in [0, 0.05) is 18.5 Å². The molecule has 1 aliphatic heterocycles. The molecule has 13 heavy (non-hydrogen) atoms. The van der Waals surface area contributed by atoms with Gasteiger partial charge in [0.15, 0.2) is 0 Å². The zero-order chi connectivity index (χ0) is 9.69. The van der Waals surface area contributed by atoms with Crippen molar-refractivity contribution in [1.82, 2.24) is 4.90 Å². The Hall–Kier alpha value is -0.530. The van der Waals surface area contributed by atoms with E-state index in [1.165, 1.54) is 0 Å². The first-order valence-electron chi connectivity index (χ1n) is 5.22. The van der Waals surface area contributed by atoms with Crippen molar-refractivity contribution in [1.29, 1.82) is 0 Å². The fraction of sp³-hybridized carbons (Fsp3) is 0.909. The number of hydrogen-bond donors (Lipinski definition) is 0. The highest BCUT2D eigenvalue weighted by atomic mass is 16.2. The topological polar surface area (TPSA) is 20.3 Å². The van der Waals surface area contributed by atoms with Gasteiger partial charge in [-0.25, -0.2) is 0 Å². The second-order valence-corrected chi connectivity index (χ2v) is 5.70. The van der Waals surface area contributed by atoms with E-state index in [0.717, 1.165) is 32.4 Å². The number of carbonyl (C=O) groups excluding carboxylic acids is 1. The molecule has 0 bridgehead atoms. The van der Waals surface area contributed by atoms with Gasteiger partial charge in [-0.3, -0.25) is 4.79 Å². The zero-order valence-electron chi connectivity index (χ0n) is 8.89. The van der Waals surface area contributed by atoms with E-state index in [1.807, 2.05) is 0 Å². The second-order valence-electron chi connectivity index (χ2n) is 5.70. The highest BCUT2D eigenvalue weighted by Gasteiger charge is 2.48. The summed E-state index contributed by atoms with van der Waals surface area (Å²) in [4.78, 5) is 14.0. The van der Waals surface area contributed by atoms with Crippen molar-refractivity contribution in [2.24, 2.45) is 10.8 Å². The van der Waals surface area contributed by atoms with Crippen LogP contribution < -0.4 is 0 Å². The number of carbonyl (C=O) groups is 1. The maximum atomic E-state index is 11.9. The Morgan fingerprint density at radius 1 is 1.15 bits per heavy atom.